The number of hydrogen-bond donors (Lipinski definition) is 1. The van der Waals surface area contributed by atoms with E-state index >= 15 is 0 Å². The van der Waals surface area contributed by atoms with Crippen LogP contribution in [0, 0.1) is 0 Å². The lowest BCUT2D eigenvalue weighted by Crippen LogP contribution is -2.36. The molecule has 0 radical (unpaired) electrons. The van der Waals surface area contributed by atoms with Gasteiger partial charge in [0.15, 0.2) is 0 Å². The molecule has 0 aromatic heterocycles. The number of rotatable bonds is 12. The van der Waals surface area contributed by atoms with Gasteiger partial charge in [0.25, 0.3) is 5.91 Å². The Morgan fingerprint density at radius 2 is 1.78 bits per heavy atom. The highest BCUT2D eigenvalue weighted by Crippen LogP contribution is 2.22. The van der Waals surface area contributed by atoms with Crippen LogP contribution < -0.4 is 5.32 Å². The Kier molecular flexibility index (Phi) is 9.45. The van der Waals surface area contributed by atoms with Gasteiger partial charge in [0.05, 0.1) is 28.9 Å². The van der Waals surface area contributed by atoms with Crippen LogP contribution in [0.3, 0.4) is 0 Å². The predicted octanol–water partition coefficient (Wildman–Crippen LogP) is 3.39. The van der Waals surface area contributed by atoms with E-state index in [9.17, 15) is 9.59 Å². The molecule has 2 amide bonds. The Morgan fingerprint density at radius 3 is 2.33 bits per heavy atom. The van der Waals surface area contributed by atoms with Gasteiger partial charge < -0.3 is 19.7 Å². The summed E-state index contributed by atoms with van der Waals surface area (Å²) < 4.78 is 12.5. The van der Waals surface area contributed by atoms with Crippen LogP contribution in [-0.2, 0) is 19.1 Å². The Balaban J connectivity index is 2.24. The van der Waals surface area contributed by atoms with E-state index < -0.39 is 0 Å². The first-order chi connectivity index (χ1) is 12.4. The molecule has 7 heteroatoms. The molecule has 27 heavy (non-hydrogen) atoms. The first kappa shape index (κ1) is 24.1. The molecule has 0 saturated heterocycles. The fourth-order valence-corrected chi connectivity index (χ4v) is 3.04. The van der Waals surface area contributed by atoms with E-state index in [1.54, 1.807) is 0 Å². The monoisotopic (exact) mass is 446 g/mol. The van der Waals surface area contributed by atoms with Crippen LogP contribution in [0.5, 0.6) is 0 Å². The Morgan fingerprint density at radius 1 is 1.19 bits per heavy atom. The van der Waals surface area contributed by atoms with Crippen molar-refractivity contribution in [2.75, 3.05) is 26.3 Å². The van der Waals surface area contributed by atoms with E-state index in [4.69, 9.17) is 9.47 Å². The van der Waals surface area contributed by atoms with Gasteiger partial charge in [0.1, 0.15) is 0 Å². The van der Waals surface area contributed by atoms with Crippen molar-refractivity contribution in [3.05, 3.63) is 10.6 Å². The topological polar surface area (TPSA) is 67.9 Å². The quantitative estimate of drug-likeness (QED) is 0.498. The van der Waals surface area contributed by atoms with Gasteiger partial charge in [-0.25, -0.2) is 0 Å². The lowest BCUT2D eigenvalue weighted by atomic mass is 10.0. The number of amides is 2. The van der Waals surface area contributed by atoms with Gasteiger partial charge in [-0.15, -0.1) is 0 Å². The van der Waals surface area contributed by atoms with E-state index in [0.29, 0.717) is 37.2 Å². The molecule has 0 aliphatic carbocycles. The van der Waals surface area contributed by atoms with Gasteiger partial charge in [0.2, 0.25) is 5.91 Å². The van der Waals surface area contributed by atoms with Crippen molar-refractivity contribution >= 4 is 27.7 Å². The summed E-state index contributed by atoms with van der Waals surface area (Å²) in [5, 5.41) is 2.86. The zero-order valence-corrected chi connectivity index (χ0v) is 19.1. The zero-order chi connectivity index (χ0) is 20.7. The van der Waals surface area contributed by atoms with Crippen LogP contribution in [-0.4, -0.2) is 60.3 Å². The average Bonchev–Trinajstić information content (AvgIpc) is 2.83. The molecule has 1 heterocycles. The Bertz CT molecular complexity index is 544. The van der Waals surface area contributed by atoms with Gasteiger partial charge in [-0.3, -0.25) is 9.59 Å². The minimum atomic E-state index is -0.353. The van der Waals surface area contributed by atoms with E-state index in [1.165, 1.54) is 0 Å². The molecule has 1 N–H and O–H groups in total. The summed E-state index contributed by atoms with van der Waals surface area (Å²) in [5.41, 5.74) is -0.670. The molecule has 0 bridgehead atoms. The normalized spacial score (nSPS) is 15.5. The van der Waals surface area contributed by atoms with Crippen molar-refractivity contribution in [2.24, 2.45) is 0 Å². The van der Waals surface area contributed by atoms with Crippen molar-refractivity contribution < 1.29 is 19.1 Å². The van der Waals surface area contributed by atoms with Crippen LogP contribution in [0.25, 0.3) is 0 Å². The molecule has 0 unspecified atom stereocenters. The van der Waals surface area contributed by atoms with Crippen molar-refractivity contribution in [2.45, 2.75) is 78.0 Å². The molecule has 0 fully saturated rings. The van der Waals surface area contributed by atoms with Crippen molar-refractivity contribution in [3.8, 4) is 0 Å². The molecule has 1 rings (SSSR count). The van der Waals surface area contributed by atoms with Crippen LogP contribution in [0.2, 0.25) is 0 Å². The molecule has 0 aromatic carbocycles. The maximum absolute atomic E-state index is 11.9. The molecule has 0 aromatic rings. The third kappa shape index (κ3) is 9.72. The molecule has 0 saturated carbocycles. The highest BCUT2D eigenvalue weighted by atomic mass is 79.9. The number of ether oxygens (including phenoxy) is 2. The second-order valence-electron chi connectivity index (χ2n) is 8.49. The number of nitrogens with zero attached hydrogens (tertiary/aromatic N) is 1. The third-order valence-electron chi connectivity index (χ3n) is 4.43. The van der Waals surface area contributed by atoms with E-state index in [0.717, 1.165) is 12.8 Å². The maximum atomic E-state index is 11.9. The largest absolute Gasteiger partial charge is 0.375 e. The number of nitrogens with one attached hydrogen (secondary N) is 1. The number of carbonyl (C=O) groups is 2. The molecular weight excluding hydrogens is 412 g/mol. The number of halogens is 1. The van der Waals surface area contributed by atoms with Crippen LogP contribution in [0.1, 0.15) is 60.8 Å². The first-order valence-corrected chi connectivity index (χ1v) is 10.4. The minimum Gasteiger partial charge on any atom is -0.375 e. The summed E-state index contributed by atoms with van der Waals surface area (Å²) in [6, 6.07) is 0.147. The summed E-state index contributed by atoms with van der Waals surface area (Å²) in [5.74, 6) is 0.0533. The van der Waals surface area contributed by atoms with Gasteiger partial charge in [0, 0.05) is 25.6 Å². The van der Waals surface area contributed by atoms with Gasteiger partial charge in [-0.1, -0.05) is 0 Å². The number of hydrogen-bond acceptors (Lipinski definition) is 4. The van der Waals surface area contributed by atoms with Crippen molar-refractivity contribution in [3.63, 3.8) is 0 Å². The van der Waals surface area contributed by atoms with Crippen LogP contribution >= 0.6 is 15.9 Å². The molecule has 0 spiro atoms. The second kappa shape index (κ2) is 10.6. The SMILES string of the molecule is CC(C)NC(=O)CCOC(C)(C)CCOC(C)(C)CCN1CC=C(Br)C1=O. The maximum Gasteiger partial charge on any atom is 0.260 e. The zero-order valence-electron chi connectivity index (χ0n) is 17.6. The van der Waals surface area contributed by atoms with E-state index in [-0.39, 0.29) is 29.1 Å². The highest BCUT2D eigenvalue weighted by molar-refractivity contribution is 9.12. The summed E-state index contributed by atoms with van der Waals surface area (Å²) in [6.07, 6.45) is 3.75. The van der Waals surface area contributed by atoms with Gasteiger partial charge in [-0.05, 0) is 76.4 Å². The molecule has 1 aliphatic heterocycles. The van der Waals surface area contributed by atoms with Gasteiger partial charge >= 0.3 is 0 Å². The smallest absolute Gasteiger partial charge is 0.260 e. The highest BCUT2D eigenvalue weighted by Gasteiger charge is 2.27. The Labute approximate surface area is 172 Å². The van der Waals surface area contributed by atoms with E-state index in [1.807, 2.05) is 52.5 Å². The van der Waals surface area contributed by atoms with Gasteiger partial charge in [-0.2, -0.15) is 0 Å². The number of carbonyl (C=O) groups excluding carboxylic acids is 2. The molecule has 1 aliphatic rings. The van der Waals surface area contributed by atoms with Crippen LogP contribution in [0.4, 0.5) is 0 Å². The average molecular weight is 447 g/mol. The summed E-state index contributed by atoms with van der Waals surface area (Å²) in [7, 11) is 0. The Hall–Kier alpha value is -0.920. The standard InChI is InChI=1S/C20H35BrN2O4/c1-15(2)22-17(24)8-13-26-20(5,6)10-14-27-19(3,4)9-12-23-11-7-16(21)18(23)25/h7,15H,8-14H2,1-6H3,(H,22,24). The molecule has 156 valence electrons. The second-order valence-corrected chi connectivity index (χ2v) is 9.35. The fraction of sp³-hybridized carbons (Fsp3) is 0.800. The van der Waals surface area contributed by atoms with Crippen molar-refractivity contribution in [1.82, 2.24) is 10.2 Å². The van der Waals surface area contributed by atoms with Crippen molar-refractivity contribution in [1.29, 1.82) is 0 Å². The molecule has 0 atom stereocenters. The molecule has 6 nitrogen and oxygen atoms in total. The lowest BCUT2D eigenvalue weighted by Gasteiger charge is -2.31. The fourth-order valence-electron chi connectivity index (χ4n) is 2.64. The van der Waals surface area contributed by atoms with Crippen LogP contribution in [0.15, 0.2) is 10.6 Å². The van der Waals surface area contributed by atoms with E-state index in [2.05, 4.69) is 21.2 Å². The summed E-state index contributed by atoms with van der Waals surface area (Å²) in [4.78, 5) is 25.4. The lowest BCUT2D eigenvalue weighted by molar-refractivity contribution is -0.125. The first-order valence-electron chi connectivity index (χ1n) is 9.64. The predicted molar refractivity (Wildman–Crippen MR) is 111 cm³/mol. The minimum absolute atomic E-state index is 0.00997. The summed E-state index contributed by atoms with van der Waals surface area (Å²) >= 11 is 3.27. The third-order valence-corrected chi connectivity index (χ3v) is 5.10. The molecular formula is C20H35BrN2O4. The summed E-state index contributed by atoms with van der Waals surface area (Å²) in [6.45, 7) is 14.3.